The zero-order valence-electron chi connectivity index (χ0n) is 10.4. The molecule has 2 atom stereocenters. The number of fused-ring (bicyclic) bond motifs is 2. The lowest BCUT2D eigenvalue weighted by Gasteiger charge is -2.55. The molecule has 3 saturated heterocycles. The first-order valence-electron chi connectivity index (χ1n) is 6.23. The number of hydrogen-bond acceptors (Lipinski definition) is 3. The van der Waals surface area contributed by atoms with Gasteiger partial charge in [-0.15, -0.1) is 0 Å². The smallest absolute Gasteiger partial charge is 0.159 e. The van der Waals surface area contributed by atoms with Crippen molar-refractivity contribution >= 4 is 11.5 Å². The third-order valence-electron chi connectivity index (χ3n) is 4.20. The predicted octanol–water partition coefficient (Wildman–Crippen LogP) is 1.78. The molecule has 90 valence electrons. The molecule has 0 aliphatic carbocycles. The van der Waals surface area contributed by atoms with Crippen LogP contribution in [-0.4, -0.2) is 42.9 Å². The van der Waals surface area contributed by atoms with Crippen molar-refractivity contribution in [2.24, 2.45) is 0 Å². The van der Waals surface area contributed by atoms with Crippen molar-refractivity contribution in [2.45, 2.75) is 25.4 Å². The van der Waals surface area contributed by atoms with Crippen LogP contribution in [0.5, 0.6) is 0 Å². The number of carbonyl (C=O) groups excluding carboxylic acids is 1. The standard InChI is InChI=1S/C14H18N2O/c1-10(17)11-3-5-12(6-4-11)16-8-13-7-14(9-16)15(13)2/h3-6,13-14H,7-9H2,1-2H3. The molecule has 3 aliphatic rings. The third-order valence-corrected chi connectivity index (χ3v) is 4.20. The zero-order valence-corrected chi connectivity index (χ0v) is 10.4. The molecule has 0 spiro atoms. The lowest BCUT2D eigenvalue weighted by Crippen LogP contribution is -2.67. The summed E-state index contributed by atoms with van der Waals surface area (Å²) in [6.45, 7) is 3.85. The Labute approximate surface area is 102 Å². The molecule has 0 amide bonds. The number of anilines is 1. The van der Waals surface area contributed by atoms with E-state index in [2.05, 4.69) is 29.0 Å². The number of nitrogens with zero attached hydrogens (tertiary/aromatic N) is 2. The molecule has 0 radical (unpaired) electrons. The minimum Gasteiger partial charge on any atom is -0.368 e. The fourth-order valence-corrected chi connectivity index (χ4v) is 2.91. The van der Waals surface area contributed by atoms with E-state index in [1.54, 1.807) is 6.92 Å². The van der Waals surface area contributed by atoms with Crippen molar-refractivity contribution in [1.29, 1.82) is 0 Å². The summed E-state index contributed by atoms with van der Waals surface area (Å²) in [7, 11) is 2.22. The van der Waals surface area contributed by atoms with Gasteiger partial charge >= 0.3 is 0 Å². The third kappa shape index (κ3) is 1.75. The SMILES string of the molecule is CC(=O)c1ccc(N2CC3CC(C2)N3C)cc1. The Kier molecular flexibility index (Phi) is 2.44. The van der Waals surface area contributed by atoms with Gasteiger partial charge in [0.05, 0.1) is 0 Å². The molecule has 4 rings (SSSR count). The van der Waals surface area contributed by atoms with E-state index >= 15 is 0 Å². The minimum absolute atomic E-state index is 0.137. The Morgan fingerprint density at radius 3 is 2.24 bits per heavy atom. The number of Topliss-reactive ketones (excluding diaryl/α,β-unsaturated/α-hetero) is 1. The van der Waals surface area contributed by atoms with Crippen LogP contribution in [0.15, 0.2) is 24.3 Å². The van der Waals surface area contributed by atoms with Crippen molar-refractivity contribution in [3.8, 4) is 0 Å². The van der Waals surface area contributed by atoms with Crippen molar-refractivity contribution in [2.75, 3.05) is 25.0 Å². The topological polar surface area (TPSA) is 23.6 Å². The summed E-state index contributed by atoms with van der Waals surface area (Å²) in [6.07, 6.45) is 1.35. The lowest BCUT2D eigenvalue weighted by molar-refractivity contribution is 0.0264. The second-order valence-corrected chi connectivity index (χ2v) is 5.22. The average molecular weight is 230 g/mol. The van der Waals surface area contributed by atoms with Crippen LogP contribution in [0.25, 0.3) is 0 Å². The molecule has 1 aromatic carbocycles. The molecule has 3 fully saturated rings. The number of rotatable bonds is 2. The molecule has 0 saturated carbocycles. The van der Waals surface area contributed by atoms with E-state index in [-0.39, 0.29) is 5.78 Å². The number of piperazine rings is 1. The molecule has 1 aromatic rings. The number of likely N-dealkylation sites (N-methyl/N-ethyl adjacent to an activating group) is 1. The quantitative estimate of drug-likeness (QED) is 0.724. The average Bonchev–Trinajstić information content (AvgIpc) is 2.38. The highest BCUT2D eigenvalue weighted by Gasteiger charge is 2.41. The van der Waals surface area contributed by atoms with Crippen LogP contribution < -0.4 is 4.90 Å². The maximum absolute atomic E-state index is 11.2. The molecule has 0 N–H and O–H groups in total. The lowest BCUT2D eigenvalue weighted by atomic mass is 9.88. The fraction of sp³-hybridized carbons (Fsp3) is 0.500. The van der Waals surface area contributed by atoms with E-state index < -0.39 is 0 Å². The van der Waals surface area contributed by atoms with Crippen molar-refractivity contribution in [3.05, 3.63) is 29.8 Å². The van der Waals surface area contributed by atoms with E-state index in [9.17, 15) is 4.79 Å². The van der Waals surface area contributed by atoms with Crippen LogP contribution in [0.3, 0.4) is 0 Å². The first-order chi connectivity index (χ1) is 8.15. The van der Waals surface area contributed by atoms with Gasteiger partial charge in [-0.3, -0.25) is 9.69 Å². The summed E-state index contributed by atoms with van der Waals surface area (Å²) in [5, 5.41) is 0. The van der Waals surface area contributed by atoms with Gasteiger partial charge in [0.15, 0.2) is 5.78 Å². The van der Waals surface area contributed by atoms with Crippen LogP contribution >= 0.6 is 0 Å². The molecule has 0 aromatic heterocycles. The summed E-state index contributed by atoms with van der Waals surface area (Å²) in [5.41, 5.74) is 2.05. The Morgan fingerprint density at radius 1 is 1.18 bits per heavy atom. The van der Waals surface area contributed by atoms with Gasteiger partial charge in [-0.2, -0.15) is 0 Å². The Bertz CT molecular complexity index is 428. The highest BCUT2D eigenvalue weighted by atomic mass is 16.1. The van der Waals surface area contributed by atoms with Gasteiger partial charge < -0.3 is 4.90 Å². The molecule has 3 heteroatoms. The molecule has 2 unspecified atom stereocenters. The van der Waals surface area contributed by atoms with E-state index in [4.69, 9.17) is 0 Å². The normalized spacial score (nSPS) is 27.8. The number of hydrogen-bond donors (Lipinski definition) is 0. The summed E-state index contributed by atoms with van der Waals surface area (Å²) in [6, 6.07) is 9.45. The molecule has 3 heterocycles. The highest BCUT2D eigenvalue weighted by molar-refractivity contribution is 5.94. The van der Waals surface area contributed by atoms with E-state index in [1.165, 1.54) is 12.1 Å². The summed E-state index contributed by atoms with van der Waals surface area (Å²) < 4.78 is 0. The fourth-order valence-electron chi connectivity index (χ4n) is 2.91. The number of carbonyl (C=O) groups is 1. The van der Waals surface area contributed by atoms with Crippen LogP contribution in [0.1, 0.15) is 23.7 Å². The maximum Gasteiger partial charge on any atom is 0.159 e. The zero-order chi connectivity index (χ0) is 12.0. The highest BCUT2D eigenvalue weighted by Crippen LogP contribution is 2.32. The van der Waals surface area contributed by atoms with E-state index in [1.807, 2.05) is 12.1 Å². The van der Waals surface area contributed by atoms with Crippen LogP contribution in [0.4, 0.5) is 5.69 Å². The van der Waals surface area contributed by atoms with Gasteiger partial charge in [0.2, 0.25) is 0 Å². The van der Waals surface area contributed by atoms with E-state index in [0.717, 1.165) is 30.7 Å². The largest absolute Gasteiger partial charge is 0.368 e. The molecule has 17 heavy (non-hydrogen) atoms. The van der Waals surface area contributed by atoms with Gasteiger partial charge in [-0.1, -0.05) is 0 Å². The number of piperidine rings is 1. The predicted molar refractivity (Wildman–Crippen MR) is 68.6 cm³/mol. The monoisotopic (exact) mass is 230 g/mol. The Balaban J connectivity index is 1.75. The second kappa shape index (κ2) is 3.84. The molecule has 2 bridgehead atoms. The summed E-state index contributed by atoms with van der Waals surface area (Å²) in [5.74, 6) is 0.137. The maximum atomic E-state index is 11.2. The van der Waals surface area contributed by atoms with Crippen LogP contribution in [0, 0.1) is 0 Å². The first-order valence-corrected chi connectivity index (χ1v) is 6.23. The minimum atomic E-state index is 0.137. The van der Waals surface area contributed by atoms with Gasteiger partial charge in [0.25, 0.3) is 0 Å². The Morgan fingerprint density at radius 2 is 1.76 bits per heavy atom. The second-order valence-electron chi connectivity index (χ2n) is 5.22. The van der Waals surface area contributed by atoms with Gasteiger partial charge in [0.1, 0.15) is 0 Å². The van der Waals surface area contributed by atoms with Crippen molar-refractivity contribution < 1.29 is 4.79 Å². The number of ketones is 1. The number of benzene rings is 1. The van der Waals surface area contributed by atoms with Gasteiger partial charge in [-0.25, -0.2) is 0 Å². The molecule has 3 nitrogen and oxygen atoms in total. The van der Waals surface area contributed by atoms with Crippen molar-refractivity contribution in [3.63, 3.8) is 0 Å². The van der Waals surface area contributed by atoms with Crippen LogP contribution in [-0.2, 0) is 0 Å². The van der Waals surface area contributed by atoms with E-state index in [0.29, 0.717) is 0 Å². The van der Waals surface area contributed by atoms with Gasteiger partial charge in [-0.05, 0) is 44.7 Å². The summed E-state index contributed by atoms with van der Waals surface area (Å²) in [4.78, 5) is 16.1. The molecule has 3 aliphatic heterocycles. The van der Waals surface area contributed by atoms with Gasteiger partial charge in [0, 0.05) is 36.4 Å². The van der Waals surface area contributed by atoms with Crippen molar-refractivity contribution in [1.82, 2.24) is 4.90 Å². The molecular formula is C14H18N2O. The first kappa shape index (κ1) is 10.8. The Hall–Kier alpha value is -1.35. The summed E-state index contributed by atoms with van der Waals surface area (Å²) >= 11 is 0. The van der Waals surface area contributed by atoms with Crippen LogP contribution in [0.2, 0.25) is 0 Å². The molecular weight excluding hydrogens is 212 g/mol.